The minimum atomic E-state index is -0.492. The van der Waals surface area contributed by atoms with Gasteiger partial charge in [-0.3, -0.25) is 4.79 Å². The monoisotopic (exact) mass is 550 g/mol. The van der Waals surface area contributed by atoms with Crippen molar-refractivity contribution in [2.45, 2.75) is 13.5 Å². The summed E-state index contributed by atoms with van der Waals surface area (Å²) in [6.07, 6.45) is 1.47. The summed E-state index contributed by atoms with van der Waals surface area (Å²) in [5.41, 5.74) is 1.42. The number of methoxy groups -OCH3 is 1. The van der Waals surface area contributed by atoms with Gasteiger partial charge in [0.1, 0.15) is 23.1 Å². The normalized spacial score (nSPS) is 10.7. The molecule has 2 aromatic rings. The van der Waals surface area contributed by atoms with Crippen LogP contribution < -0.4 is 14.8 Å². The zero-order chi connectivity index (χ0) is 22.8. The van der Waals surface area contributed by atoms with Crippen molar-refractivity contribution in [3.8, 4) is 17.6 Å². The van der Waals surface area contributed by atoms with Gasteiger partial charge >= 0.3 is 5.97 Å². The molecular weight excluding hydrogens is 532 g/mol. The molecule has 0 heterocycles. The van der Waals surface area contributed by atoms with Gasteiger partial charge < -0.3 is 19.5 Å². The van der Waals surface area contributed by atoms with E-state index in [-0.39, 0.29) is 25.3 Å². The molecule has 1 N–H and O–H groups in total. The first-order chi connectivity index (χ1) is 14.9. The molecule has 0 atom stereocenters. The third kappa shape index (κ3) is 7.42. The Hall–Kier alpha value is -2.83. The van der Waals surface area contributed by atoms with Crippen molar-refractivity contribution in [2.24, 2.45) is 0 Å². The summed E-state index contributed by atoms with van der Waals surface area (Å²) in [7, 11) is 1.58. The van der Waals surface area contributed by atoms with Crippen LogP contribution in [0.5, 0.6) is 11.5 Å². The summed E-state index contributed by atoms with van der Waals surface area (Å²) < 4.78 is 16.5. The number of nitrogens with one attached hydrogen (secondary N) is 1. The molecule has 0 spiro atoms. The van der Waals surface area contributed by atoms with E-state index in [1.807, 2.05) is 18.2 Å². The molecule has 31 heavy (non-hydrogen) atoms. The van der Waals surface area contributed by atoms with Crippen molar-refractivity contribution in [1.29, 1.82) is 5.26 Å². The van der Waals surface area contributed by atoms with E-state index in [1.165, 1.54) is 6.08 Å². The van der Waals surface area contributed by atoms with Gasteiger partial charge in [-0.1, -0.05) is 12.1 Å². The molecule has 0 saturated carbocycles. The average Bonchev–Trinajstić information content (AvgIpc) is 2.75. The number of rotatable bonds is 9. The molecule has 9 heteroatoms. The predicted octanol–water partition coefficient (Wildman–Crippen LogP) is 4.39. The highest BCUT2D eigenvalue weighted by Crippen LogP contribution is 2.35. The second kappa shape index (κ2) is 12.1. The van der Waals surface area contributed by atoms with Crippen LogP contribution in [0.1, 0.15) is 18.1 Å². The zero-order valence-corrected chi connectivity index (χ0v) is 20.1. The first-order valence-electron chi connectivity index (χ1n) is 9.18. The van der Waals surface area contributed by atoms with E-state index >= 15 is 0 Å². The first-order valence-corrected chi connectivity index (χ1v) is 10.8. The average molecular weight is 552 g/mol. The lowest BCUT2D eigenvalue weighted by atomic mass is 10.1. The van der Waals surface area contributed by atoms with Crippen LogP contribution in [0.25, 0.3) is 6.08 Å². The molecule has 0 unspecified atom stereocenters. The number of benzene rings is 2. The first kappa shape index (κ1) is 24.4. The minimum absolute atomic E-state index is 0.0486. The summed E-state index contributed by atoms with van der Waals surface area (Å²) in [4.78, 5) is 23.9. The van der Waals surface area contributed by atoms with E-state index in [0.717, 1.165) is 11.3 Å². The van der Waals surface area contributed by atoms with Crippen LogP contribution in [-0.4, -0.2) is 32.2 Å². The van der Waals surface area contributed by atoms with Crippen molar-refractivity contribution in [3.63, 3.8) is 0 Å². The van der Waals surface area contributed by atoms with Gasteiger partial charge in [0.05, 0.1) is 22.7 Å². The molecule has 162 valence electrons. The van der Waals surface area contributed by atoms with Gasteiger partial charge in [0, 0.05) is 6.54 Å². The summed E-state index contributed by atoms with van der Waals surface area (Å²) in [5, 5.41) is 12.1. The predicted molar refractivity (Wildman–Crippen MR) is 122 cm³/mol. The molecule has 0 aromatic heterocycles. The number of nitriles is 1. The Morgan fingerprint density at radius 3 is 2.35 bits per heavy atom. The number of amides is 1. The van der Waals surface area contributed by atoms with Crippen LogP contribution in [0.2, 0.25) is 0 Å². The Bertz CT molecular complexity index is 991. The lowest BCUT2D eigenvalue weighted by molar-refractivity contribution is -0.145. The van der Waals surface area contributed by atoms with E-state index < -0.39 is 11.9 Å². The molecule has 0 fully saturated rings. The summed E-state index contributed by atoms with van der Waals surface area (Å²) >= 11 is 6.76. The van der Waals surface area contributed by atoms with Crippen LogP contribution in [0.4, 0.5) is 0 Å². The van der Waals surface area contributed by atoms with Gasteiger partial charge in [0.25, 0.3) is 5.91 Å². The second-order valence-corrected chi connectivity index (χ2v) is 7.82. The van der Waals surface area contributed by atoms with E-state index in [9.17, 15) is 14.9 Å². The van der Waals surface area contributed by atoms with Crippen LogP contribution in [0, 0.1) is 11.3 Å². The molecule has 0 aliphatic carbocycles. The van der Waals surface area contributed by atoms with Gasteiger partial charge in [-0.25, -0.2) is 4.79 Å². The number of carbonyl (C=O) groups is 2. The third-order valence-electron chi connectivity index (χ3n) is 3.95. The largest absolute Gasteiger partial charge is 0.497 e. The fraction of sp³-hybridized carbons (Fsp3) is 0.227. The molecule has 1 amide bonds. The van der Waals surface area contributed by atoms with Crippen LogP contribution in [-0.2, 0) is 20.9 Å². The van der Waals surface area contributed by atoms with Gasteiger partial charge in [-0.15, -0.1) is 0 Å². The fourth-order valence-electron chi connectivity index (χ4n) is 2.47. The molecule has 0 bridgehead atoms. The summed E-state index contributed by atoms with van der Waals surface area (Å²) in [6, 6.07) is 12.5. The summed E-state index contributed by atoms with van der Waals surface area (Å²) in [5.74, 6) is 0.157. The standard InChI is InChI=1S/C22H20Br2N2O5/c1-3-30-20(27)13-31-21-18(23)9-15(10-19(21)24)8-16(11-25)22(28)26-12-14-4-6-17(29-2)7-5-14/h4-10H,3,12-13H2,1-2H3,(H,26,28)/b16-8-. The lowest BCUT2D eigenvalue weighted by Crippen LogP contribution is -2.23. The smallest absolute Gasteiger partial charge is 0.344 e. The molecule has 0 saturated heterocycles. The molecule has 0 aliphatic rings. The molecule has 2 rings (SSSR count). The lowest BCUT2D eigenvalue weighted by Gasteiger charge is -2.11. The summed E-state index contributed by atoms with van der Waals surface area (Å²) in [6.45, 7) is 2.02. The number of esters is 1. The second-order valence-electron chi connectivity index (χ2n) is 6.11. The third-order valence-corrected chi connectivity index (χ3v) is 5.13. The molecule has 0 radical (unpaired) electrons. The Balaban J connectivity index is 2.09. The van der Waals surface area contributed by atoms with Crippen molar-refractivity contribution in [3.05, 3.63) is 62.0 Å². The van der Waals surface area contributed by atoms with Gasteiger partial charge in [-0.2, -0.15) is 5.26 Å². The molecule has 2 aromatic carbocycles. The quantitative estimate of drug-likeness (QED) is 0.282. The van der Waals surface area contributed by atoms with Crippen LogP contribution in [0.15, 0.2) is 50.9 Å². The van der Waals surface area contributed by atoms with E-state index in [1.54, 1.807) is 38.3 Å². The van der Waals surface area contributed by atoms with Gasteiger partial charge in [-0.05, 0) is 80.3 Å². The van der Waals surface area contributed by atoms with Gasteiger partial charge in [0.2, 0.25) is 0 Å². The highest BCUT2D eigenvalue weighted by atomic mass is 79.9. The Morgan fingerprint density at radius 1 is 1.16 bits per heavy atom. The van der Waals surface area contributed by atoms with E-state index in [4.69, 9.17) is 14.2 Å². The van der Waals surface area contributed by atoms with Crippen molar-refractivity contribution < 1.29 is 23.8 Å². The van der Waals surface area contributed by atoms with E-state index in [0.29, 0.717) is 20.3 Å². The number of nitrogens with zero attached hydrogens (tertiary/aromatic N) is 1. The number of halogens is 2. The molecule has 0 aliphatic heterocycles. The number of carbonyl (C=O) groups excluding carboxylic acids is 2. The van der Waals surface area contributed by atoms with Crippen LogP contribution in [0.3, 0.4) is 0 Å². The maximum Gasteiger partial charge on any atom is 0.344 e. The van der Waals surface area contributed by atoms with Gasteiger partial charge in [0.15, 0.2) is 6.61 Å². The van der Waals surface area contributed by atoms with Crippen LogP contribution >= 0.6 is 31.9 Å². The maximum absolute atomic E-state index is 12.4. The highest BCUT2D eigenvalue weighted by Gasteiger charge is 2.14. The minimum Gasteiger partial charge on any atom is -0.497 e. The zero-order valence-electron chi connectivity index (χ0n) is 16.9. The molecular formula is C22H20Br2N2O5. The molecule has 7 nitrogen and oxygen atoms in total. The maximum atomic E-state index is 12.4. The fourth-order valence-corrected chi connectivity index (χ4v) is 3.92. The Labute approximate surface area is 197 Å². The van der Waals surface area contributed by atoms with E-state index in [2.05, 4.69) is 37.2 Å². The van der Waals surface area contributed by atoms with Crippen molar-refractivity contribution >= 4 is 49.8 Å². The number of ether oxygens (including phenoxy) is 3. The Kier molecular flexibility index (Phi) is 9.56. The Morgan fingerprint density at radius 2 is 1.81 bits per heavy atom. The highest BCUT2D eigenvalue weighted by molar-refractivity contribution is 9.11. The number of hydrogen-bond donors (Lipinski definition) is 1. The SMILES string of the molecule is CCOC(=O)COc1c(Br)cc(/C=C(/C#N)C(=O)NCc2ccc(OC)cc2)cc1Br. The van der Waals surface area contributed by atoms with Crippen molar-refractivity contribution in [1.82, 2.24) is 5.32 Å². The number of hydrogen-bond acceptors (Lipinski definition) is 6. The topological polar surface area (TPSA) is 97.7 Å². The van der Waals surface area contributed by atoms with Crippen molar-refractivity contribution in [2.75, 3.05) is 20.3 Å².